The molecule has 1 unspecified atom stereocenters. The van der Waals surface area contributed by atoms with Crippen LogP contribution in [0.1, 0.15) is 43.2 Å². The van der Waals surface area contributed by atoms with Crippen LogP contribution in [0.4, 0.5) is 0 Å². The summed E-state index contributed by atoms with van der Waals surface area (Å²) in [6.07, 6.45) is 7.27. The summed E-state index contributed by atoms with van der Waals surface area (Å²) in [4.78, 5) is 19.5. The number of likely N-dealkylation sites (tertiary alicyclic amines) is 1. The summed E-state index contributed by atoms with van der Waals surface area (Å²) in [5.74, 6) is -0.253. The maximum atomic E-state index is 13.2. The Morgan fingerprint density at radius 3 is 2.70 bits per heavy atom. The Hall–Kier alpha value is -2.80. The van der Waals surface area contributed by atoms with Gasteiger partial charge in [0.15, 0.2) is 11.6 Å². The Labute approximate surface area is 176 Å². The predicted octanol–water partition coefficient (Wildman–Crippen LogP) is 2.79. The molecule has 0 amide bonds. The number of benzene rings is 1. The highest BCUT2D eigenvalue weighted by atomic mass is 16.6. The second-order valence-electron chi connectivity index (χ2n) is 8.18. The summed E-state index contributed by atoms with van der Waals surface area (Å²) in [7, 11) is 0. The van der Waals surface area contributed by atoms with Crippen LogP contribution in [-0.4, -0.2) is 41.1 Å². The Kier molecular flexibility index (Phi) is 6.08. The van der Waals surface area contributed by atoms with Gasteiger partial charge in [0.05, 0.1) is 25.6 Å². The standard InChI is InChI=1S/C23H29N3O4/c24-22(25-14-17-11-13-29-16-17)26-12-10-20(15-26)30-21(27)23(28,19-8-4-5-9-19)18-6-2-1-3-7-18/h1-3,6-7,11,13,16,19-20,28H,4-5,8-10,12,14-15H2,(H2,24,25)/t20?,23-/m0/s1. The Bertz CT molecular complexity index is 862. The van der Waals surface area contributed by atoms with E-state index in [9.17, 15) is 9.90 Å². The number of rotatable bonds is 6. The number of ether oxygens (including phenoxy) is 1. The number of nitrogens with two attached hydrogens (primary N) is 1. The highest BCUT2D eigenvalue weighted by Crippen LogP contribution is 2.41. The highest BCUT2D eigenvalue weighted by molar-refractivity contribution is 5.82. The van der Waals surface area contributed by atoms with Crippen molar-refractivity contribution < 1.29 is 19.1 Å². The molecule has 30 heavy (non-hydrogen) atoms. The molecule has 0 radical (unpaired) electrons. The fourth-order valence-corrected chi connectivity index (χ4v) is 4.48. The molecule has 2 aromatic rings. The van der Waals surface area contributed by atoms with E-state index in [0.29, 0.717) is 37.6 Å². The van der Waals surface area contributed by atoms with Crippen molar-refractivity contribution in [3.63, 3.8) is 0 Å². The quantitative estimate of drug-likeness (QED) is 0.431. The van der Waals surface area contributed by atoms with Gasteiger partial charge in [-0.05, 0) is 24.5 Å². The van der Waals surface area contributed by atoms with Gasteiger partial charge in [-0.3, -0.25) is 0 Å². The number of nitrogens with zero attached hydrogens (tertiary/aromatic N) is 2. The second-order valence-corrected chi connectivity index (χ2v) is 8.18. The van der Waals surface area contributed by atoms with Gasteiger partial charge in [-0.15, -0.1) is 0 Å². The van der Waals surface area contributed by atoms with Gasteiger partial charge in [0.1, 0.15) is 6.10 Å². The minimum atomic E-state index is -1.61. The van der Waals surface area contributed by atoms with E-state index in [0.717, 1.165) is 31.2 Å². The zero-order valence-corrected chi connectivity index (χ0v) is 17.1. The van der Waals surface area contributed by atoms with E-state index in [1.165, 1.54) is 0 Å². The van der Waals surface area contributed by atoms with Gasteiger partial charge in [0.2, 0.25) is 0 Å². The summed E-state index contributed by atoms with van der Waals surface area (Å²) in [5, 5.41) is 11.5. The Morgan fingerprint density at radius 1 is 1.23 bits per heavy atom. The lowest BCUT2D eigenvalue weighted by Gasteiger charge is -2.33. The summed E-state index contributed by atoms with van der Waals surface area (Å²) >= 11 is 0. The van der Waals surface area contributed by atoms with E-state index in [2.05, 4.69) is 4.99 Å². The molecule has 3 N–H and O–H groups in total. The van der Waals surface area contributed by atoms with Crippen molar-refractivity contribution >= 4 is 11.9 Å². The molecule has 7 nitrogen and oxygen atoms in total. The topological polar surface area (TPSA) is 101 Å². The van der Waals surface area contributed by atoms with Crippen molar-refractivity contribution in [3.05, 3.63) is 60.1 Å². The summed E-state index contributed by atoms with van der Waals surface area (Å²) in [6.45, 7) is 1.58. The molecule has 0 spiro atoms. The number of esters is 1. The first kappa shape index (κ1) is 20.5. The monoisotopic (exact) mass is 411 g/mol. The van der Waals surface area contributed by atoms with E-state index in [1.54, 1.807) is 24.7 Å². The second kappa shape index (κ2) is 8.92. The van der Waals surface area contributed by atoms with E-state index < -0.39 is 11.6 Å². The summed E-state index contributed by atoms with van der Waals surface area (Å²) in [6, 6.07) is 11.0. The minimum absolute atomic E-state index is 0.119. The molecule has 0 bridgehead atoms. The van der Waals surface area contributed by atoms with E-state index >= 15 is 0 Å². The SMILES string of the molecule is NC(=NCc1ccoc1)N1CCC(OC(=O)[C@](O)(c2ccccc2)C2CCCC2)C1. The molecule has 1 aliphatic carbocycles. The first-order valence-corrected chi connectivity index (χ1v) is 10.6. The lowest BCUT2D eigenvalue weighted by Crippen LogP contribution is -2.45. The Balaban J connectivity index is 1.41. The van der Waals surface area contributed by atoms with Crippen molar-refractivity contribution in [2.45, 2.75) is 50.4 Å². The van der Waals surface area contributed by atoms with Crippen LogP contribution in [-0.2, 0) is 21.7 Å². The lowest BCUT2D eigenvalue weighted by molar-refractivity contribution is -0.178. The van der Waals surface area contributed by atoms with Gasteiger partial charge in [0.25, 0.3) is 0 Å². The molecular weight excluding hydrogens is 382 g/mol. The number of hydrogen-bond donors (Lipinski definition) is 2. The molecule has 1 aromatic heterocycles. The van der Waals surface area contributed by atoms with Gasteiger partial charge in [-0.1, -0.05) is 43.2 Å². The zero-order chi connectivity index (χ0) is 21.0. The van der Waals surface area contributed by atoms with Crippen molar-refractivity contribution in [2.24, 2.45) is 16.6 Å². The average molecular weight is 412 g/mol. The first-order valence-electron chi connectivity index (χ1n) is 10.6. The smallest absolute Gasteiger partial charge is 0.343 e. The van der Waals surface area contributed by atoms with Crippen molar-refractivity contribution in [2.75, 3.05) is 13.1 Å². The number of aliphatic imine (C=N–C) groups is 1. The van der Waals surface area contributed by atoms with Crippen molar-refractivity contribution in [1.29, 1.82) is 0 Å². The van der Waals surface area contributed by atoms with Gasteiger partial charge in [0, 0.05) is 24.4 Å². The number of carbonyl (C=O) groups is 1. The Morgan fingerprint density at radius 2 is 2.00 bits per heavy atom. The fraction of sp³-hybridized carbons (Fsp3) is 0.478. The average Bonchev–Trinajstić information content (AvgIpc) is 3.55. The van der Waals surface area contributed by atoms with Gasteiger partial charge in [-0.25, -0.2) is 9.79 Å². The normalized spacial score (nSPS) is 22.2. The first-order chi connectivity index (χ1) is 14.6. The molecule has 1 aliphatic heterocycles. The van der Waals surface area contributed by atoms with Crippen LogP contribution in [0.15, 0.2) is 58.3 Å². The number of carbonyl (C=O) groups excluding carboxylic acids is 1. The lowest BCUT2D eigenvalue weighted by atomic mass is 9.80. The van der Waals surface area contributed by atoms with E-state index in [-0.39, 0.29) is 12.0 Å². The molecule has 7 heteroatoms. The molecule has 2 fully saturated rings. The van der Waals surface area contributed by atoms with Crippen LogP contribution in [0.25, 0.3) is 0 Å². The third-order valence-corrected chi connectivity index (χ3v) is 6.22. The van der Waals surface area contributed by atoms with E-state index in [1.807, 2.05) is 29.2 Å². The van der Waals surface area contributed by atoms with E-state index in [4.69, 9.17) is 14.9 Å². The van der Waals surface area contributed by atoms with Crippen LogP contribution in [0, 0.1) is 5.92 Å². The van der Waals surface area contributed by atoms with Crippen molar-refractivity contribution in [1.82, 2.24) is 4.90 Å². The molecule has 4 rings (SSSR count). The van der Waals surface area contributed by atoms with Gasteiger partial charge in [-0.2, -0.15) is 0 Å². The molecule has 160 valence electrons. The molecule has 1 saturated heterocycles. The molecule has 2 aliphatic rings. The van der Waals surface area contributed by atoms with Crippen LogP contribution in [0.5, 0.6) is 0 Å². The predicted molar refractivity (Wildman–Crippen MR) is 112 cm³/mol. The third-order valence-electron chi connectivity index (χ3n) is 6.22. The highest BCUT2D eigenvalue weighted by Gasteiger charge is 2.48. The fourth-order valence-electron chi connectivity index (χ4n) is 4.48. The number of aliphatic hydroxyl groups is 1. The summed E-state index contributed by atoms with van der Waals surface area (Å²) in [5.41, 5.74) is 6.07. The van der Waals surface area contributed by atoms with Gasteiger partial charge >= 0.3 is 5.97 Å². The maximum Gasteiger partial charge on any atom is 0.343 e. The molecule has 1 saturated carbocycles. The summed E-state index contributed by atoms with van der Waals surface area (Å²) < 4.78 is 10.9. The molecule has 2 atom stereocenters. The van der Waals surface area contributed by atoms with Gasteiger partial charge < -0.3 is 24.9 Å². The van der Waals surface area contributed by atoms with Crippen LogP contribution < -0.4 is 5.73 Å². The number of hydrogen-bond acceptors (Lipinski definition) is 5. The van der Waals surface area contributed by atoms with Crippen molar-refractivity contribution in [3.8, 4) is 0 Å². The largest absolute Gasteiger partial charge is 0.472 e. The molecule has 2 heterocycles. The third kappa shape index (κ3) is 4.21. The van der Waals surface area contributed by atoms with Crippen LogP contribution in [0.2, 0.25) is 0 Å². The van der Waals surface area contributed by atoms with Crippen LogP contribution >= 0.6 is 0 Å². The minimum Gasteiger partial charge on any atom is -0.472 e. The maximum absolute atomic E-state index is 13.2. The number of guanidine groups is 1. The molecule has 1 aromatic carbocycles. The number of furan rings is 1. The zero-order valence-electron chi connectivity index (χ0n) is 17.1. The van der Waals surface area contributed by atoms with Crippen LogP contribution in [0.3, 0.4) is 0 Å². The molecular formula is C23H29N3O4.